The van der Waals surface area contributed by atoms with Crippen LogP contribution in [0.3, 0.4) is 0 Å². The topological polar surface area (TPSA) is 119 Å². The maximum Gasteiger partial charge on any atom is 0.469 e. The van der Waals surface area contributed by atoms with E-state index in [0.29, 0.717) is 6.42 Å². The van der Waals surface area contributed by atoms with Gasteiger partial charge in [0.2, 0.25) is 0 Å². The first-order valence-corrected chi connectivity index (χ1v) is 27.8. The molecule has 0 heterocycles. The highest BCUT2D eigenvalue weighted by Crippen LogP contribution is 2.36. The van der Waals surface area contributed by atoms with E-state index in [9.17, 15) is 14.2 Å². The zero-order chi connectivity index (χ0) is 45.3. The van der Waals surface area contributed by atoms with Gasteiger partial charge in [0.05, 0.1) is 6.61 Å². The summed E-state index contributed by atoms with van der Waals surface area (Å²) in [5.41, 5.74) is 0. The van der Waals surface area contributed by atoms with Gasteiger partial charge in [-0.3, -0.25) is 14.1 Å². The summed E-state index contributed by atoms with van der Waals surface area (Å²) in [6, 6.07) is 0. The number of carbonyl (C=O) groups excluding carboxylic acids is 2. The number of ether oxygens (including phenoxy) is 2. The van der Waals surface area contributed by atoms with Crippen molar-refractivity contribution in [3.8, 4) is 0 Å². The number of unbranched alkanes of at least 4 members (excludes halogenated alkanes) is 33. The van der Waals surface area contributed by atoms with Crippen molar-refractivity contribution >= 4 is 19.8 Å². The lowest BCUT2D eigenvalue weighted by Crippen LogP contribution is -2.29. The Balaban J connectivity index is 3.84. The van der Waals surface area contributed by atoms with Gasteiger partial charge in [0, 0.05) is 12.8 Å². The summed E-state index contributed by atoms with van der Waals surface area (Å²) >= 11 is 0. The van der Waals surface area contributed by atoms with E-state index in [1.807, 2.05) is 0 Å². The number of hydrogen-bond donors (Lipinski definition) is 2. The molecule has 0 amide bonds. The minimum atomic E-state index is -4.77. The molecule has 0 aromatic heterocycles. The number of phosphoric ester groups is 1. The lowest BCUT2D eigenvalue weighted by molar-refractivity contribution is -0.161. The molecule has 364 valence electrons. The normalized spacial score (nSPS) is 12.6. The molecule has 62 heavy (non-hydrogen) atoms. The largest absolute Gasteiger partial charge is 0.469 e. The van der Waals surface area contributed by atoms with Crippen molar-refractivity contribution in [2.45, 2.75) is 277 Å². The van der Waals surface area contributed by atoms with Gasteiger partial charge in [-0.05, 0) is 70.6 Å². The van der Waals surface area contributed by atoms with Crippen molar-refractivity contribution in [3.63, 3.8) is 0 Å². The zero-order valence-electron chi connectivity index (χ0n) is 40.5. The Hall–Kier alpha value is -1.73. The number of rotatable bonds is 49. The highest BCUT2D eigenvalue weighted by Gasteiger charge is 2.22. The molecule has 0 rings (SSSR count). The van der Waals surface area contributed by atoms with Gasteiger partial charge in [0.15, 0.2) is 6.10 Å². The van der Waals surface area contributed by atoms with Crippen LogP contribution >= 0.6 is 7.82 Å². The smallest absolute Gasteiger partial charge is 0.462 e. The quantitative estimate of drug-likeness (QED) is 0.0268. The molecule has 0 saturated carbocycles. The molecule has 0 radical (unpaired) electrons. The summed E-state index contributed by atoms with van der Waals surface area (Å²) in [6.45, 7) is 3.70. The summed E-state index contributed by atoms with van der Waals surface area (Å²) in [5.74, 6) is -0.924. The van der Waals surface area contributed by atoms with E-state index < -0.39 is 32.5 Å². The molecular formula is C53H99O8P. The fourth-order valence-corrected chi connectivity index (χ4v) is 8.05. The highest BCUT2D eigenvalue weighted by molar-refractivity contribution is 7.46. The van der Waals surface area contributed by atoms with Gasteiger partial charge in [-0.2, -0.15) is 0 Å². The minimum Gasteiger partial charge on any atom is -0.462 e. The second-order valence-electron chi connectivity index (χ2n) is 17.8. The Morgan fingerprint density at radius 3 is 1.08 bits per heavy atom. The Morgan fingerprint density at radius 1 is 0.403 bits per heavy atom. The molecule has 8 nitrogen and oxygen atoms in total. The zero-order valence-corrected chi connectivity index (χ0v) is 41.4. The Kier molecular flexibility index (Phi) is 47.4. The van der Waals surface area contributed by atoms with Gasteiger partial charge < -0.3 is 19.3 Å². The van der Waals surface area contributed by atoms with Gasteiger partial charge in [-0.25, -0.2) is 4.57 Å². The maximum absolute atomic E-state index is 12.5. The van der Waals surface area contributed by atoms with Crippen molar-refractivity contribution in [2.75, 3.05) is 13.2 Å². The van der Waals surface area contributed by atoms with Crippen LogP contribution in [0.2, 0.25) is 0 Å². The van der Waals surface area contributed by atoms with Crippen LogP contribution < -0.4 is 0 Å². The average Bonchev–Trinajstić information content (AvgIpc) is 3.25. The van der Waals surface area contributed by atoms with E-state index in [2.05, 4.69) is 54.8 Å². The molecule has 1 atom stereocenters. The fraction of sp³-hybridized carbons (Fsp3) is 0.849. The van der Waals surface area contributed by atoms with Gasteiger partial charge in [0.25, 0.3) is 0 Å². The van der Waals surface area contributed by atoms with Crippen LogP contribution in [0.4, 0.5) is 0 Å². The molecule has 0 fully saturated rings. The third-order valence-corrected chi connectivity index (χ3v) is 12.1. The number of allylic oxidation sites excluding steroid dienone is 6. The molecule has 9 heteroatoms. The summed E-state index contributed by atoms with van der Waals surface area (Å²) in [5, 5.41) is 0. The van der Waals surface area contributed by atoms with Crippen LogP contribution in [-0.2, 0) is 28.2 Å². The van der Waals surface area contributed by atoms with Crippen molar-refractivity contribution < 1.29 is 37.9 Å². The molecule has 0 aliphatic carbocycles. The Labute approximate surface area is 382 Å². The van der Waals surface area contributed by atoms with E-state index in [1.54, 1.807) is 0 Å². The lowest BCUT2D eigenvalue weighted by Gasteiger charge is -2.18. The molecule has 0 spiro atoms. The number of hydrogen-bond acceptors (Lipinski definition) is 6. The molecule has 0 bridgehead atoms. The number of carbonyl (C=O) groups is 2. The van der Waals surface area contributed by atoms with Crippen molar-refractivity contribution in [2.24, 2.45) is 0 Å². The van der Waals surface area contributed by atoms with Gasteiger partial charge in [-0.15, -0.1) is 0 Å². The first-order valence-electron chi connectivity index (χ1n) is 26.3. The third-order valence-electron chi connectivity index (χ3n) is 11.6. The van der Waals surface area contributed by atoms with Gasteiger partial charge in [-0.1, -0.05) is 224 Å². The first-order chi connectivity index (χ1) is 30.3. The number of esters is 2. The lowest BCUT2D eigenvalue weighted by atomic mass is 10.0. The monoisotopic (exact) mass is 895 g/mol. The second-order valence-corrected chi connectivity index (χ2v) is 19.1. The summed E-state index contributed by atoms with van der Waals surface area (Å²) in [6.07, 6.45) is 60.4. The third kappa shape index (κ3) is 50.9. The van der Waals surface area contributed by atoms with Gasteiger partial charge in [0.1, 0.15) is 6.61 Å². The first kappa shape index (κ1) is 60.3. The summed E-state index contributed by atoms with van der Waals surface area (Å²) in [7, 11) is -4.77. The van der Waals surface area contributed by atoms with Crippen LogP contribution in [-0.4, -0.2) is 41.0 Å². The van der Waals surface area contributed by atoms with E-state index in [4.69, 9.17) is 19.3 Å². The minimum absolute atomic E-state index is 0.154. The molecule has 0 aromatic carbocycles. The molecule has 2 N–H and O–H groups in total. The maximum atomic E-state index is 12.5. The molecule has 0 aliphatic heterocycles. The van der Waals surface area contributed by atoms with Crippen LogP contribution in [0.5, 0.6) is 0 Å². The second kappa shape index (κ2) is 48.7. The van der Waals surface area contributed by atoms with Crippen molar-refractivity contribution in [1.82, 2.24) is 0 Å². The predicted octanol–water partition coefficient (Wildman–Crippen LogP) is 16.9. The van der Waals surface area contributed by atoms with Gasteiger partial charge >= 0.3 is 19.8 Å². The van der Waals surface area contributed by atoms with Crippen LogP contribution in [0.15, 0.2) is 36.5 Å². The average molecular weight is 895 g/mol. The van der Waals surface area contributed by atoms with E-state index in [0.717, 1.165) is 44.9 Å². The predicted molar refractivity (Wildman–Crippen MR) is 262 cm³/mol. The molecule has 0 unspecified atom stereocenters. The SMILES string of the molecule is CCCCCCCC/C=C/CCCCCCCCCCCCCC(=O)OC[C@H](COP(=O)(O)O)OC(=O)CCC/C=C/CC/C=C/CCCCCCCCCCCCCCCC. The van der Waals surface area contributed by atoms with E-state index in [-0.39, 0.29) is 19.4 Å². The summed E-state index contributed by atoms with van der Waals surface area (Å²) in [4.78, 5) is 43.1. The van der Waals surface area contributed by atoms with Crippen LogP contribution in [0.1, 0.15) is 271 Å². The Morgan fingerprint density at radius 2 is 0.710 bits per heavy atom. The fourth-order valence-electron chi connectivity index (χ4n) is 7.68. The van der Waals surface area contributed by atoms with E-state index in [1.165, 1.54) is 193 Å². The highest BCUT2D eigenvalue weighted by atomic mass is 31.2. The molecular weight excluding hydrogens is 796 g/mol. The molecule has 0 aliphatic rings. The van der Waals surface area contributed by atoms with Crippen molar-refractivity contribution in [1.29, 1.82) is 0 Å². The van der Waals surface area contributed by atoms with Crippen LogP contribution in [0, 0.1) is 0 Å². The summed E-state index contributed by atoms with van der Waals surface area (Å²) < 4.78 is 26.5. The standard InChI is InChI=1S/C53H99O8P/c1-3-5-7-9-11-13-15-17-19-21-23-25-26-28-30-32-34-36-38-40-42-44-46-48-53(55)61-51(50-60-62(56,57)58)49-59-52(54)47-45-43-41-39-37-35-33-31-29-27-24-22-20-18-16-14-12-10-8-6-4-2/h18,20,32,34,40,42,51H,3-17,19,21-31,33,35-39,41,43-50H2,1-2H3,(H2,56,57,58)/b20-18+,34-32+,42-40+/t51-/m1/s1. The molecule has 0 aromatic rings. The van der Waals surface area contributed by atoms with E-state index >= 15 is 0 Å². The van der Waals surface area contributed by atoms with Crippen LogP contribution in [0.25, 0.3) is 0 Å². The Bertz CT molecular complexity index is 1100. The van der Waals surface area contributed by atoms with Crippen molar-refractivity contribution in [3.05, 3.63) is 36.5 Å². The number of phosphoric acid groups is 1. The molecule has 0 saturated heterocycles.